The van der Waals surface area contributed by atoms with Crippen LogP contribution in [0.4, 0.5) is 4.39 Å². The highest BCUT2D eigenvalue weighted by Gasteiger charge is 2.16. The Morgan fingerprint density at radius 1 is 1.47 bits per heavy atom. The highest BCUT2D eigenvalue weighted by molar-refractivity contribution is 7.89. The van der Waals surface area contributed by atoms with E-state index in [9.17, 15) is 12.8 Å². The molecule has 86 valence electrons. The van der Waals surface area contributed by atoms with Crippen molar-refractivity contribution in [2.24, 2.45) is 5.73 Å². The van der Waals surface area contributed by atoms with Gasteiger partial charge >= 0.3 is 0 Å². The van der Waals surface area contributed by atoms with Gasteiger partial charge in [-0.15, -0.1) is 12.4 Å². The molecule has 0 amide bonds. The van der Waals surface area contributed by atoms with Gasteiger partial charge in [0.05, 0.1) is 4.90 Å². The average molecular weight is 255 g/mol. The number of nitrogens with two attached hydrogens (primary N) is 1. The summed E-state index contributed by atoms with van der Waals surface area (Å²) >= 11 is 0. The molecule has 0 bridgehead atoms. The zero-order chi connectivity index (χ0) is 10.8. The minimum atomic E-state index is -3.63. The van der Waals surface area contributed by atoms with Crippen molar-refractivity contribution in [3.8, 4) is 0 Å². The fourth-order valence-corrected chi connectivity index (χ4v) is 2.04. The van der Waals surface area contributed by atoms with E-state index in [2.05, 4.69) is 4.72 Å². The van der Waals surface area contributed by atoms with E-state index in [-0.39, 0.29) is 23.8 Å². The summed E-state index contributed by atoms with van der Waals surface area (Å²) in [7, 11) is -2.37. The van der Waals surface area contributed by atoms with Gasteiger partial charge in [-0.2, -0.15) is 0 Å². The monoisotopic (exact) mass is 254 g/mol. The Bertz CT molecular complexity index is 436. The van der Waals surface area contributed by atoms with E-state index < -0.39 is 15.8 Å². The Labute approximate surface area is 94.1 Å². The van der Waals surface area contributed by atoms with Crippen molar-refractivity contribution in [2.75, 3.05) is 7.05 Å². The van der Waals surface area contributed by atoms with Gasteiger partial charge in [0.15, 0.2) is 0 Å². The van der Waals surface area contributed by atoms with Crippen LogP contribution in [0.2, 0.25) is 0 Å². The first kappa shape index (κ1) is 14.3. The molecule has 15 heavy (non-hydrogen) atoms. The molecule has 3 N–H and O–H groups in total. The maximum absolute atomic E-state index is 12.8. The van der Waals surface area contributed by atoms with E-state index in [1.54, 1.807) is 0 Å². The van der Waals surface area contributed by atoms with Crippen molar-refractivity contribution < 1.29 is 12.8 Å². The molecule has 0 aliphatic carbocycles. The van der Waals surface area contributed by atoms with Crippen LogP contribution in [0.15, 0.2) is 23.1 Å². The molecular weight excluding hydrogens is 243 g/mol. The summed E-state index contributed by atoms with van der Waals surface area (Å²) in [6.45, 7) is 0.0521. The van der Waals surface area contributed by atoms with Gasteiger partial charge in [-0.1, -0.05) is 6.07 Å². The third kappa shape index (κ3) is 3.13. The van der Waals surface area contributed by atoms with Crippen LogP contribution in [0, 0.1) is 5.82 Å². The Hall–Kier alpha value is -0.690. The van der Waals surface area contributed by atoms with Crippen LogP contribution < -0.4 is 10.5 Å². The van der Waals surface area contributed by atoms with Gasteiger partial charge in [0.25, 0.3) is 0 Å². The second-order valence-corrected chi connectivity index (χ2v) is 4.52. The van der Waals surface area contributed by atoms with E-state index in [1.165, 1.54) is 19.2 Å². The number of benzene rings is 1. The first-order valence-corrected chi connectivity index (χ1v) is 5.41. The summed E-state index contributed by atoms with van der Waals surface area (Å²) in [5.74, 6) is -0.601. The van der Waals surface area contributed by atoms with Crippen LogP contribution in [-0.4, -0.2) is 15.5 Å². The molecule has 0 heterocycles. The highest BCUT2D eigenvalue weighted by atomic mass is 35.5. The molecule has 0 fully saturated rings. The van der Waals surface area contributed by atoms with Gasteiger partial charge in [0, 0.05) is 6.54 Å². The van der Waals surface area contributed by atoms with Crippen LogP contribution in [0.3, 0.4) is 0 Å². The molecule has 0 saturated carbocycles. The molecule has 0 aliphatic heterocycles. The summed E-state index contributed by atoms with van der Waals surface area (Å²) < 4.78 is 37.7. The highest BCUT2D eigenvalue weighted by Crippen LogP contribution is 2.16. The third-order valence-electron chi connectivity index (χ3n) is 1.81. The maximum Gasteiger partial charge on any atom is 0.240 e. The number of sulfonamides is 1. The van der Waals surface area contributed by atoms with Gasteiger partial charge in [0.2, 0.25) is 10.0 Å². The van der Waals surface area contributed by atoms with Crippen molar-refractivity contribution >= 4 is 22.4 Å². The molecule has 4 nitrogen and oxygen atoms in total. The summed E-state index contributed by atoms with van der Waals surface area (Å²) in [6, 6.07) is 3.49. The van der Waals surface area contributed by atoms with Crippen LogP contribution in [-0.2, 0) is 16.6 Å². The lowest BCUT2D eigenvalue weighted by atomic mass is 10.2. The molecule has 0 unspecified atom stereocenters. The van der Waals surface area contributed by atoms with Crippen LogP contribution in [0.25, 0.3) is 0 Å². The Kier molecular flexibility index (Phi) is 5.16. The largest absolute Gasteiger partial charge is 0.326 e. The normalized spacial score (nSPS) is 10.9. The van der Waals surface area contributed by atoms with E-state index >= 15 is 0 Å². The van der Waals surface area contributed by atoms with Crippen LogP contribution in [0.1, 0.15) is 5.56 Å². The molecule has 0 aliphatic rings. The molecule has 0 spiro atoms. The quantitative estimate of drug-likeness (QED) is 0.830. The zero-order valence-electron chi connectivity index (χ0n) is 8.03. The van der Waals surface area contributed by atoms with Gasteiger partial charge in [-0.25, -0.2) is 17.5 Å². The minimum Gasteiger partial charge on any atom is -0.326 e. The first-order chi connectivity index (χ1) is 6.51. The molecule has 1 aromatic carbocycles. The van der Waals surface area contributed by atoms with Gasteiger partial charge in [0.1, 0.15) is 5.82 Å². The summed E-state index contributed by atoms with van der Waals surface area (Å²) in [5.41, 5.74) is 5.73. The Balaban J connectivity index is 0.00000196. The molecule has 7 heteroatoms. The van der Waals surface area contributed by atoms with E-state index in [0.717, 1.165) is 6.07 Å². The first-order valence-electron chi connectivity index (χ1n) is 3.93. The van der Waals surface area contributed by atoms with E-state index in [1.807, 2.05) is 0 Å². The van der Waals surface area contributed by atoms with Crippen LogP contribution in [0.5, 0.6) is 0 Å². The second kappa shape index (κ2) is 5.41. The molecule has 1 rings (SSSR count). The molecular formula is C8H12ClFN2O2S. The van der Waals surface area contributed by atoms with E-state index in [4.69, 9.17) is 5.73 Å². The van der Waals surface area contributed by atoms with Gasteiger partial charge in [-0.3, -0.25) is 0 Å². The van der Waals surface area contributed by atoms with Crippen molar-refractivity contribution in [1.82, 2.24) is 4.72 Å². The number of hydrogen-bond donors (Lipinski definition) is 2. The predicted molar refractivity (Wildman–Crippen MR) is 57.8 cm³/mol. The average Bonchev–Trinajstić information content (AvgIpc) is 2.18. The summed E-state index contributed by atoms with van der Waals surface area (Å²) in [5, 5.41) is 0. The second-order valence-electron chi connectivity index (χ2n) is 2.66. The zero-order valence-corrected chi connectivity index (χ0v) is 9.66. The molecule has 0 atom stereocenters. The number of nitrogens with one attached hydrogen (secondary N) is 1. The smallest absolute Gasteiger partial charge is 0.240 e. The summed E-state index contributed by atoms with van der Waals surface area (Å²) in [6.07, 6.45) is 0. The Morgan fingerprint density at radius 3 is 2.53 bits per heavy atom. The SMILES string of the molecule is CNS(=O)(=O)c1cc(F)ccc1CN.Cl. The van der Waals surface area contributed by atoms with Crippen molar-refractivity contribution in [2.45, 2.75) is 11.4 Å². The topological polar surface area (TPSA) is 72.2 Å². The molecule has 0 aromatic heterocycles. The molecule has 0 saturated heterocycles. The minimum absolute atomic E-state index is 0. The lowest BCUT2D eigenvalue weighted by molar-refractivity contribution is 0.582. The standard InChI is InChI=1S/C8H11FN2O2S.ClH/c1-11-14(12,13)8-4-7(9)3-2-6(8)5-10;/h2-4,11H,5,10H2,1H3;1H. The molecule has 1 aromatic rings. The van der Waals surface area contributed by atoms with Crippen LogP contribution >= 0.6 is 12.4 Å². The van der Waals surface area contributed by atoms with E-state index in [0.29, 0.717) is 5.56 Å². The molecule has 0 radical (unpaired) electrons. The number of rotatable bonds is 3. The third-order valence-corrected chi connectivity index (χ3v) is 3.30. The summed E-state index contributed by atoms with van der Waals surface area (Å²) in [4.78, 5) is -0.109. The van der Waals surface area contributed by atoms with Gasteiger partial charge < -0.3 is 5.73 Å². The van der Waals surface area contributed by atoms with Crippen molar-refractivity contribution in [3.05, 3.63) is 29.6 Å². The number of hydrogen-bond acceptors (Lipinski definition) is 3. The predicted octanol–water partition coefficient (Wildman–Crippen LogP) is 0.614. The van der Waals surface area contributed by atoms with Crippen molar-refractivity contribution in [1.29, 1.82) is 0 Å². The van der Waals surface area contributed by atoms with Crippen molar-refractivity contribution in [3.63, 3.8) is 0 Å². The fraction of sp³-hybridized carbons (Fsp3) is 0.250. The Morgan fingerprint density at radius 2 is 2.07 bits per heavy atom. The number of halogens is 2. The lowest BCUT2D eigenvalue weighted by Gasteiger charge is -2.07. The van der Waals surface area contributed by atoms with Gasteiger partial charge in [-0.05, 0) is 24.7 Å². The lowest BCUT2D eigenvalue weighted by Crippen LogP contribution is -2.21. The fourth-order valence-electron chi connectivity index (χ4n) is 1.06. The maximum atomic E-state index is 12.8.